The molecule has 0 fully saturated rings. The molecule has 2 aromatic heterocycles. The summed E-state index contributed by atoms with van der Waals surface area (Å²) < 4.78 is 0. The molecule has 0 aliphatic heterocycles. The van der Waals surface area contributed by atoms with Crippen LogP contribution in [0.15, 0.2) is 24.3 Å². The van der Waals surface area contributed by atoms with Crippen molar-refractivity contribution in [2.75, 3.05) is 18.5 Å². The number of halogens is 1. The van der Waals surface area contributed by atoms with Crippen molar-refractivity contribution in [2.45, 2.75) is 20.3 Å². The summed E-state index contributed by atoms with van der Waals surface area (Å²) >= 11 is 7.64. The van der Waals surface area contributed by atoms with Crippen molar-refractivity contribution >= 4 is 39.0 Å². The monoisotopic (exact) mass is 347 g/mol. The molecule has 0 aliphatic rings. The first-order valence-corrected chi connectivity index (χ1v) is 8.74. The molecule has 120 valence electrons. The van der Waals surface area contributed by atoms with Gasteiger partial charge in [0, 0.05) is 17.0 Å². The van der Waals surface area contributed by atoms with Crippen molar-refractivity contribution in [3.63, 3.8) is 0 Å². The molecule has 2 N–H and O–H groups in total. The number of thiophene rings is 1. The minimum absolute atomic E-state index is 0.0345. The van der Waals surface area contributed by atoms with Crippen LogP contribution in [0, 0.1) is 6.92 Å². The molecular formula is C17H18ClN3OS. The minimum atomic E-state index is 0.0345. The van der Waals surface area contributed by atoms with Gasteiger partial charge in [-0.2, -0.15) is 0 Å². The molecular weight excluding hydrogens is 330 g/mol. The number of fused-ring (bicyclic) bond motifs is 1. The SMILES string of the molecule is CCc1ccc(-c2c(C)sc3nc(Cl)nc(NCCO)c23)cc1. The van der Waals surface area contributed by atoms with Gasteiger partial charge >= 0.3 is 0 Å². The third-order valence-electron chi connectivity index (χ3n) is 3.76. The Labute approximate surface area is 144 Å². The first-order valence-electron chi connectivity index (χ1n) is 7.54. The first kappa shape index (κ1) is 16.2. The number of aliphatic hydroxyl groups is 1. The number of nitrogens with one attached hydrogen (secondary N) is 1. The van der Waals surface area contributed by atoms with Crippen LogP contribution in [0.5, 0.6) is 0 Å². The Morgan fingerprint density at radius 3 is 2.61 bits per heavy atom. The molecule has 2 heterocycles. The number of rotatable bonds is 5. The predicted octanol–water partition coefficient (Wildman–Crippen LogP) is 4.29. The van der Waals surface area contributed by atoms with Crippen LogP contribution < -0.4 is 5.32 Å². The van der Waals surface area contributed by atoms with Crippen LogP contribution in [0.1, 0.15) is 17.4 Å². The van der Waals surface area contributed by atoms with Gasteiger partial charge in [0.05, 0.1) is 12.0 Å². The van der Waals surface area contributed by atoms with Crippen LogP contribution in [-0.4, -0.2) is 28.2 Å². The average Bonchev–Trinajstić information content (AvgIpc) is 2.88. The Morgan fingerprint density at radius 1 is 1.22 bits per heavy atom. The Balaban J connectivity index is 2.20. The molecule has 0 aliphatic carbocycles. The van der Waals surface area contributed by atoms with Gasteiger partial charge in [0.2, 0.25) is 5.28 Å². The van der Waals surface area contributed by atoms with Crippen LogP contribution >= 0.6 is 22.9 Å². The molecule has 1 aromatic carbocycles. The maximum Gasteiger partial charge on any atom is 0.225 e. The molecule has 4 nitrogen and oxygen atoms in total. The van der Waals surface area contributed by atoms with E-state index >= 15 is 0 Å². The van der Waals surface area contributed by atoms with Crippen molar-refractivity contribution in [1.29, 1.82) is 0 Å². The van der Waals surface area contributed by atoms with E-state index in [4.69, 9.17) is 16.7 Å². The van der Waals surface area contributed by atoms with Crippen molar-refractivity contribution in [3.05, 3.63) is 40.0 Å². The standard InChI is InChI=1S/C17H18ClN3OS/c1-3-11-4-6-12(7-5-11)13-10(2)23-16-14(13)15(19-8-9-22)20-17(18)21-16/h4-7,22H,3,8-9H2,1-2H3,(H,19,20,21). The van der Waals surface area contributed by atoms with Crippen molar-refractivity contribution in [3.8, 4) is 11.1 Å². The summed E-state index contributed by atoms with van der Waals surface area (Å²) in [6.07, 6.45) is 1.02. The Hall–Kier alpha value is -1.69. The first-order chi connectivity index (χ1) is 11.1. The van der Waals surface area contributed by atoms with Crippen LogP contribution in [0.3, 0.4) is 0 Å². The van der Waals surface area contributed by atoms with Crippen LogP contribution in [0.4, 0.5) is 5.82 Å². The third-order valence-corrected chi connectivity index (χ3v) is 4.92. The van der Waals surface area contributed by atoms with Crippen molar-refractivity contribution in [1.82, 2.24) is 9.97 Å². The van der Waals surface area contributed by atoms with Gasteiger partial charge in [-0.25, -0.2) is 9.97 Å². The molecule has 23 heavy (non-hydrogen) atoms. The van der Waals surface area contributed by atoms with E-state index in [-0.39, 0.29) is 11.9 Å². The number of anilines is 1. The topological polar surface area (TPSA) is 58.0 Å². The third kappa shape index (κ3) is 3.17. The fraction of sp³-hybridized carbons (Fsp3) is 0.294. The number of hydrogen-bond acceptors (Lipinski definition) is 5. The van der Waals surface area contributed by atoms with Crippen LogP contribution in [0.25, 0.3) is 21.3 Å². The van der Waals surface area contributed by atoms with Gasteiger partial charge in [-0.3, -0.25) is 0 Å². The highest BCUT2D eigenvalue weighted by Crippen LogP contribution is 2.41. The number of nitrogens with zero attached hydrogens (tertiary/aromatic N) is 2. The van der Waals surface area contributed by atoms with Gasteiger partial charge in [-0.1, -0.05) is 31.2 Å². The van der Waals surface area contributed by atoms with Gasteiger partial charge in [-0.15, -0.1) is 11.3 Å². The molecule has 3 rings (SSSR count). The number of benzene rings is 1. The van der Waals surface area contributed by atoms with E-state index in [0.29, 0.717) is 12.4 Å². The lowest BCUT2D eigenvalue weighted by atomic mass is 10.0. The quantitative estimate of drug-likeness (QED) is 0.676. The summed E-state index contributed by atoms with van der Waals surface area (Å²) in [5.74, 6) is 0.674. The molecule has 0 atom stereocenters. The normalized spacial score (nSPS) is 11.1. The highest BCUT2D eigenvalue weighted by atomic mass is 35.5. The second-order valence-electron chi connectivity index (χ2n) is 5.26. The van der Waals surface area contributed by atoms with E-state index in [1.165, 1.54) is 10.4 Å². The Kier molecular flexibility index (Phi) is 4.80. The van der Waals surface area contributed by atoms with Gasteiger partial charge in [0.15, 0.2) is 0 Å². The zero-order valence-electron chi connectivity index (χ0n) is 13.1. The summed E-state index contributed by atoms with van der Waals surface area (Å²) in [6, 6.07) is 8.57. The summed E-state index contributed by atoms with van der Waals surface area (Å²) in [5, 5.41) is 13.4. The number of hydrogen-bond donors (Lipinski definition) is 2. The zero-order valence-corrected chi connectivity index (χ0v) is 14.6. The molecule has 3 aromatic rings. The lowest BCUT2D eigenvalue weighted by Crippen LogP contribution is -2.07. The number of aromatic nitrogens is 2. The Bertz CT molecular complexity index is 830. The maximum absolute atomic E-state index is 9.08. The Morgan fingerprint density at radius 2 is 1.96 bits per heavy atom. The van der Waals surface area contributed by atoms with Crippen molar-refractivity contribution in [2.24, 2.45) is 0 Å². The van der Waals surface area contributed by atoms with E-state index < -0.39 is 0 Å². The zero-order chi connectivity index (χ0) is 16.4. The average molecular weight is 348 g/mol. The molecule has 0 saturated heterocycles. The van der Waals surface area contributed by atoms with Gasteiger partial charge in [0.25, 0.3) is 0 Å². The molecule has 0 amide bonds. The molecule has 0 unspecified atom stereocenters. The second kappa shape index (κ2) is 6.83. The lowest BCUT2D eigenvalue weighted by Gasteiger charge is -2.09. The van der Waals surface area contributed by atoms with E-state index in [1.54, 1.807) is 11.3 Å². The summed E-state index contributed by atoms with van der Waals surface area (Å²) in [4.78, 5) is 10.7. The van der Waals surface area contributed by atoms with Gasteiger partial charge in [0.1, 0.15) is 10.6 Å². The van der Waals surface area contributed by atoms with Crippen LogP contribution in [0.2, 0.25) is 5.28 Å². The minimum Gasteiger partial charge on any atom is -0.395 e. The number of aryl methyl sites for hydroxylation is 2. The van der Waals surface area contributed by atoms with Crippen LogP contribution in [-0.2, 0) is 6.42 Å². The second-order valence-corrected chi connectivity index (χ2v) is 6.80. The maximum atomic E-state index is 9.08. The van der Waals surface area contributed by atoms with E-state index in [2.05, 4.69) is 53.4 Å². The van der Waals surface area contributed by atoms with E-state index in [9.17, 15) is 0 Å². The smallest absolute Gasteiger partial charge is 0.225 e. The molecule has 0 bridgehead atoms. The highest BCUT2D eigenvalue weighted by Gasteiger charge is 2.18. The lowest BCUT2D eigenvalue weighted by molar-refractivity contribution is 0.311. The summed E-state index contributed by atoms with van der Waals surface area (Å²) in [6.45, 7) is 4.68. The fourth-order valence-electron chi connectivity index (χ4n) is 2.64. The fourth-order valence-corrected chi connectivity index (χ4v) is 3.91. The van der Waals surface area contributed by atoms with Gasteiger partial charge < -0.3 is 10.4 Å². The largest absolute Gasteiger partial charge is 0.395 e. The molecule has 6 heteroatoms. The molecule has 0 spiro atoms. The van der Waals surface area contributed by atoms with Gasteiger partial charge in [-0.05, 0) is 36.1 Å². The summed E-state index contributed by atoms with van der Waals surface area (Å²) in [7, 11) is 0. The van der Waals surface area contributed by atoms with E-state index in [0.717, 1.165) is 27.8 Å². The van der Waals surface area contributed by atoms with E-state index in [1.807, 2.05) is 0 Å². The molecule has 0 radical (unpaired) electrons. The highest BCUT2D eigenvalue weighted by molar-refractivity contribution is 7.19. The number of aliphatic hydroxyl groups excluding tert-OH is 1. The summed E-state index contributed by atoms with van der Waals surface area (Å²) in [5.41, 5.74) is 3.58. The molecule has 0 saturated carbocycles. The van der Waals surface area contributed by atoms with Crippen molar-refractivity contribution < 1.29 is 5.11 Å². The predicted molar refractivity (Wildman–Crippen MR) is 97.6 cm³/mol.